The van der Waals surface area contributed by atoms with E-state index < -0.39 is 35.3 Å². The second-order valence-electron chi connectivity index (χ2n) is 6.47. The molecule has 0 fully saturated rings. The van der Waals surface area contributed by atoms with Crippen molar-refractivity contribution in [1.29, 1.82) is 0 Å². The number of hydrogen-bond donors (Lipinski definition) is 1. The molecule has 30 heavy (non-hydrogen) atoms. The lowest BCUT2D eigenvalue weighted by Crippen LogP contribution is -2.41. The smallest absolute Gasteiger partial charge is 0.322 e. The Balaban J connectivity index is 1.71. The van der Waals surface area contributed by atoms with Crippen molar-refractivity contribution in [3.63, 3.8) is 0 Å². The number of fused-ring (bicyclic) bond motifs is 1. The average molecular weight is 428 g/mol. The predicted molar refractivity (Wildman–Crippen MR) is 109 cm³/mol. The molecule has 0 unspecified atom stereocenters. The van der Waals surface area contributed by atoms with Crippen molar-refractivity contribution < 1.29 is 13.6 Å². The fourth-order valence-electron chi connectivity index (χ4n) is 3.02. The van der Waals surface area contributed by atoms with E-state index in [2.05, 4.69) is 9.69 Å². The van der Waals surface area contributed by atoms with E-state index in [0.29, 0.717) is 6.07 Å². The van der Waals surface area contributed by atoms with E-state index in [-0.39, 0.29) is 23.3 Å². The van der Waals surface area contributed by atoms with Gasteiger partial charge in [0.2, 0.25) is 5.91 Å². The van der Waals surface area contributed by atoms with Gasteiger partial charge in [-0.3, -0.25) is 18.7 Å². The van der Waals surface area contributed by atoms with Crippen LogP contribution in [0.4, 0.5) is 14.5 Å². The molecule has 1 amide bonds. The third-order valence-electron chi connectivity index (χ3n) is 4.44. The van der Waals surface area contributed by atoms with Gasteiger partial charge in [0.15, 0.2) is 5.52 Å². The Kier molecular flexibility index (Phi) is 5.23. The number of carbonyl (C=O) groups excluding carboxylic acids is 1. The predicted octanol–water partition coefficient (Wildman–Crippen LogP) is 2.58. The van der Waals surface area contributed by atoms with E-state index in [1.807, 2.05) is 6.07 Å². The summed E-state index contributed by atoms with van der Waals surface area (Å²) < 4.78 is 33.0. The highest BCUT2D eigenvalue weighted by molar-refractivity contribution is 7.04. The third kappa shape index (κ3) is 3.77. The van der Waals surface area contributed by atoms with Crippen LogP contribution in [0.3, 0.4) is 0 Å². The minimum Gasteiger partial charge on any atom is -0.322 e. The maximum Gasteiger partial charge on any atom is 0.332 e. The number of benzene rings is 2. The molecule has 1 N–H and O–H groups in total. The van der Waals surface area contributed by atoms with Gasteiger partial charge in [-0.25, -0.2) is 13.6 Å². The molecule has 4 aromatic rings. The molecule has 0 bridgehead atoms. The molecule has 0 spiro atoms. The molecule has 10 heteroatoms. The van der Waals surface area contributed by atoms with Crippen LogP contribution in [0.5, 0.6) is 0 Å². The van der Waals surface area contributed by atoms with Gasteiger partial charge in [-0.05, 0) is 29.2 Å². The van der Waals surface area contributed by atoms with E-state index in [0.717, 1.165) is 38.4 Å². The van der Waals surface area contributed by atoms with Crippen LogP contribution in [0.15, 0.2) is 63.5 Å². The van der Waals surface area contributed by atoms with Gasteiger partial charge in [0.1, 0.15) is 18.2 Å². The number of nitrogens with zero attached hydrogens (tertiary/aromatic N) is 3. The first-order chi connectivity index (χ1) is 14.4. The molecule has 0 aliphatic rings. The molecule has 7 nitrogen and oxygen atoms in total. The molecular weight excluding hydrogens is 414 g/mol. The fourth-order valence-corrected chi connectivity index (χ4v) is 3.69. The van der Waals surface area contributed by atoms with Gasteiger partial charge in [-0.15, -0.1) is 0 Å². The topological polar surface area (TPSA) is 86.0 Å². The largest absolute Gasteiger partial charge is 0.332 e. The Morgan fingerprint density at radius 2 is 1.83 bits per heavy atom. The van der Waals surface area contributed by atoms with Crippen molar-refractivity contribution in [2.75, 3.05) is 5.32 Å². The highest BCUT2D eigenvalue weighted by atomic mass is 32.1. The monoisotopic (exact) mass is 428 g/mol. The standard InChI is InChI=1S/C20H14F2N4O3S/c21-13-6-7-15(14(22)8-13)23-17(27)10-25-16-11-30-24-18(16)19(28)26(20(25)29)9-12-4-2-1-3-5-12/h1-8,11H,9-10H2,(H,23,27). The van der Waals surface area contributed by atoms with E-state index >= 15 is 0 Å². The van der Waals surface area contributed by atoms with E-state index in [9.17, 15) is 23.2 Å². The Bertz CT molecular complexity index is 1360. The van der Waals surface area contributed by atoms with Crippen molar-refractivity contribution >= 4 is 34.2 Å². The Morgan fingerprint density at radius 1 is 1.07 bits per heavy atom. The molecule has 0 atom stereocenters. The highest BCUT2D eigenvalue weighted by Crippen LogP contribution is 2.15. The van der Waals surface area contributed by atoms with Gasteiger partial charge < -0.3 is 5.32 Å². The van der Waals surface area contributed by atoms with Crippen LogP contribution >= 0.6 is 11.5 Å². The van der Waals surface area contributed by atoms with Gasteiger partial charge in [-0.1, -0.05) is 30.3 Å². The minimum atomic E-state index is -0.938. The summed E-state index contributed by atoms with van der Waals surface area (Å²) in [4.78, 5) is 38.2. The Hall–Kier alpha value is -3.66. The van der Waals surface area contributed by atoms with Gasteiger partial charge in [0.25, 0.3) is 5.56 Å². The number of carbonyl (C=O) groups is 1. The highest BCUT2D eigenvalue weighted by Gasteiger charge is 2.18. The summed E-state index contributed by atoms with van der Waals surface area (Å²) in [5.74, 6) is -2.42. The van der Waals surface area contributed by atoms with Crippen LogP contribution in [-0.2, 0) is 17.9 Å². The maximum atomic E-state index is 13.8. The number of halogens is 2. The lowest BCUT2D eigenvalue weighted by Gasteiger charge is -2.12. The van der Waals surface area contributed by atoms with Gasteiger partial charge >= 0.3 is 5.69 Å². The average Bonchev–Trinajstić information content (AvgIpc) is 3.21. The normalized spacial score (nSPS) is 11.0. The van der Waals surface area contributed by atoms with Crippen molar-refractivity contribution in [3.8, 4) is 0 Å². The first-order valence-corrected chi connectivity index (χ1v) is 9.64. The molecule has 0 radical (unpaired) electrons. The van der Waals surface area contributed by atoms with Crippen LogP contribution in [0.2, 0.25) is 0 Å². The van der Waals surface area contributed by atoms with Crippen LogP contribution in [0.25, 0.3) is 11.0 Å². The van der Waals surface area contributed by atoms with Gasteiger partial charge in [0, 0.05) is 11.4 Å². The lowest BCUT2D eigenvalue weighted by molar-refractivity contribution is -0.116. The maximum absolute atomic E-state index is 13.8. The number of hydrogen-bond acceptors (Lipinski definition) is 5. The summed E-state index contributed by atoms with van der Waals surface area (Å²) in [6.45, 7) is -0.459. The van der Waals surface area contributed by atoms with Crippen LogP contribution in [0.1, 0.15) is 5.56 Å². The van der Waals surface area contributed by atoms with Crippen molar-refractivity contribution in [2.45, 2.75) is 13.1 Å². The molecule has 0 saturated carbocycles. The zero-order chi connectivity index (χ0) is 21.3. The summed E-state index contributed by atoms with van der Waals surface area (Å²) in [7, 11) is 0. The minimum absolute atomic E-state index is 0.0141. The van der Waals surface area contributed by atoms with Crippen LogP contribution < -0.4 is 16.6 Å². The fraction of sp³-hybridized carbons (Fsp3) is 0.100. The quantitative estimate of drug-likeness (QED) is 0.530. The molecule has 0 aliphatic carbocycles. The van der Waals surface area contributed by atoms with Crippen molar-refractivity contribution in [1.82, 2.24) is 13.5 Å². The first kappa shape index (κ1) is 19.6. The van der Waals surface area contributed by atoms with Crippen molar-refractivity contribution in [2.24, 2.45) is 0 Å². The zero-order valence-corrected chi connectivity index (χ0v) is 16.2. The van der Waals surface area contributed by atoms with E-state index in [1.54, 1.807) is 24.3 Å². The second kappa shape index (κ2) is 7.99. The van der Waals surface area contributed by atoms with E-state index in [1.165, 1.54) is 5.38 Å². The summed E-state index contributed by atoms with van der Waals surface area (Å²) in [5.41, 5.74) is -0.444. The number of aromatic nitrogens is 3. The zero-order valence-electron chi connectivity index (χ0n) is 15.3. The molecule has 2 heterocycles. The molecular formula is C20H14F2N4O3S. The molecule has 2 aromatic heterocycles. The summed E-state index contributed by atoms with van der Waals surface area (Å²) in [6, 6.07) is 11.7. The van der Waals surface area contributed by atoms with Crippen LogP contribution in [0, 0.1) is 11.6 Å². The lowest BCUT2D eigenvalue weighted by atomic mass is 10.2. The Labute approximate surface area is 172 Å². The molecule has 152 valence electrons. The van der Waals surface area contributed by atoms with Crippen molar-refractivity contribution in [3.05, 3.63) is 91.9 Å². The van der Waals surface area contributed by atoms with E-state index in [4.69, 9.17) is 0 Å². The molecule has 0 aliphatic heterocycles. The summed E-state index contributed by atoms with van der Waals surface area (Å²) >= 11 is 0.984. The number of nitrogens with one attached hydrogen (secondary N) is 1. The van der Waals surface area contributed by atoms with Gasteiger partial charge in [0.05, 0.1) is 17.7 Å². The number of amides is 1. The van der Waals surface area contributed by atoms with Gasteiger partial charge in [-0.2, -0.15) is 4.37 Å². The second-order valence-corrected chi connectivity index (χ2v) is 7.10. The van der Waals surface area contributed by atoms with Crippen LogP contribution in [-0.4, -0.2) is 19.4 Å². The number of rotatable bonds is 5. The summed E-state index contributed by atoms with van der Waals surface area (Å²) in [5, 5.41) is 3.81. The molecule has 4 rings (SSSR count). The SMILES string of the molecule is O=C(Cn1c(=O)n(Cc2ccccc2)c(=O)c2nscc21)Nc1ccc(F)cc1F. The number of anilines is 1. The Morgan fingerprint density at radius 3 is 2.57 bits per heavy atom. The molecule has 0 saturated heterocycles. The molecule has 2 aromatic carbocycles. The summed E-state index contributed by atoms with van der Waals surface area (Å²) in [6.07, 6.45) is 0. The first-order valence-electron chi connectivity index (χ1n) is 8.80. The third-order valence-corrected chi connectivity index (χ3v) is 5.06.